The Labute approximate surface area is 119 Å². The van der Waals surface area contributed by atoms with Crippen molar-refractivity contribution < 1.29 is 0 Å². The summed E-state index contributed by atoms with van der Waals surface area (Å²) >= 11 is 0. The first-order valence-electron chi connectivity index (χ1n) is 6.52. The lowest BCUT2D eigenvalue weighted by molar-refractivity contribution is 0.733. The summed E-state index contributed by atoms with van der Waals surface area (Å²) in [4.78, 5) is 4.61. The molecule has 0 aromatic carbocycles. The van der Waals surface area contributed by atoms with Gasteiger partial charge in [-0.25, -0.2) is 4.98 Å². The third kappa shape index (κ3) is 2.06. The molecule has 21 heavy (non-hydrogen) atoms. The van der Waals surface area contributed by atoms with E-state index in [1.807, 2.05) is 48.0 Å². The Hall–Kier alpha value is -3.03. The van der Waals surface area contributed by atoms with Gasteiger partial charge in [0.1, 0.15) is 11.5 Å². The highest BCUT2D eigenvalue weighted by Crippen LogP contribution is 2.11. The first-order valence-corrected chi connectivity index (χ1v) is 6.52. The molecule has 104 valence electrons. The Morgan fingerprint density at radius 3 is 3.10 bits per heavy atom. The van der Waals surface area contributed by atoms with Gasteiger partial charge in [0.05, 0.1) is 12.2 Å². The van der Waals surface area contributed by atoms with Crippen LogP contribution in [0.25, 0.3) is 11.3 Å². The highest BCUT2D eigenvalue weighted by atomic mass is 15.6. The van der Waals surface area contributed by atoms with Gasteiger partial charge in [0.25, 0.3) is 0 Å². The second-order valence-electron chi connectivity index (χ2n) is 4.75. The van der Waals surface area contributed by atoms with Gasteiger partial charge < -0.3 is 9.72 Å². The second kappa shape index (κ2) is 4.51. The number of aryl methyl sites for hydroxylation is 1. The van der Waals surface area contributed by atoms with Gasteiger partial charge in [0, 0.05) is 12.4 Å². The summed E-state index contributed by atoms with van der Waals surface area (Å²) in [5.74, 6) is 0.698. The number of rotatable bonds is 3. The number of hydrogen-bond donors (Lipinski definition) is 1. The molecular weight excluding hydrogens is 268 g/mol. The molecule has 0 aliphatic rings. The molecule has 0 radical (unpaired) electrons. The van der Waals surface area contributed by atoms with Gasteiger partial charge in [-0.3, -0.25) is 0 Å². The van der Waals surface area contributed by atoms with E-state index in [1.54, 1.807) is 0 Å². The average Bonchev–Trinajstić information content (AvgIpc) is 3.11. The fourth-order valence-corrected chi connectivity index (χ4v) is 2.21. The molecule has 0 unspecified atom stereocenters. The summed E-state index contributed by atoms with van der Waals surface area (Å²) in [5, 5.41) is 18.6. The topological polar surface area (TPSA) is 85.3 Å². The second-order valence-corrected chi connectivity index (χ2v) is 4.75. The third-order valence-electron chi connectivity index (χ3n) is 3.25. The summed E-state index contributed by atoms with van der Waals surface area (Å²) in [6, 6.07) is 7.71. The number of hydrogen-bond acceptors (Lipinski definition) is 6. The smallest absolute Gasteiger partial charge is 0.200 e. The molecule has 4 rings (SSSR count). The predicted molar refractivity (Wildman–Crippen MR) is 75.8 cm³/mol. The molecule has 0 aliphatic carbocycles. The summed E-state index contributed by atoms with van der Waals surface area (Å²) < 4.78 is 3.40. The van der Waals surface area contributed by atoms with E-state index in [2.05, 4.69) is 30.9 Å². The van der Waals surface area contributed by atoms with Crippen molar-refractivity contribution in [2.45, 2.75) is 13.5 Å². The van der Waals surface area contributed by atoms with Gasteiger partial charge in [0.15, 0.2) is 5.65 Å². The summed E-state index contributed by atoms with van der Waals surface area (Å²) in [6.07, 6.45) is 4.00. The van der Waals surface area contributed by atoms with Crippen LogP contribution in [-0.2, 0) is 6.54 Å². The van der Waals surface area contributed by atoms with Crippen molar-refractivity contribution in [3.63, 3.8) is 0 Å². The lowest BCUT2D eigenvalue weighted by atomic mass is 10.3. The van der Waals surface area contributed by atoms with Crippen molar-refractivity contribution in [1.29, 1.82) is 0 Å². The van der Waals surface area contributed by atoms with Crippen molar-refractivity contribution in [1.82, 2.24) is 34.6 Å². The summed E-state index contributed by atoms with van der Waals surface area (Å²) in [7, 11) is 0. The number of tetrazole rings is 1. The van der Waals surface area contributed by atoms with Crippen LogP contribution in [0.3, 0.4) is 0 Å². The molecule has 8 heteroatoms. The average molecular weight is 280 g/mol. The highest BCUT2D eigenvalue weighted by molar-refractivity contribution is 5.48. The van der Waals surface area contributed by atoms with Crippen LogP contribution in [0.4, 0.5) is 5.82 Å². The Kier molecular flexibility index (Phi) is 2.53. The van der Waals surface area contributed by atoms with Crippen molar-refractivity contribution in [3.8, 4) is 0 Å². The fourth-order valence-electron chi connectivity index (χ4n) is 2.21. The Bertz CT molecular complexity index is 922. The molecule has 4 heterocycles. The molecule has 0 atom stereocenters. The lowest BCUT2D eigenvalue weighted by Gasteiger charge is -2.02. The minimum atomic E-state index is 0.585. The molecule has 0 bridgehead atoms. The minimum absolute atomic E-state index is 0.585. The number of aromatic nitrogens is 7. The van der Waals surface area contributed by atoms with Gasteiger partial charge in [-0.05, 0) is 41.1 Å². The van der Waals surface area contributed by atoms with Gasteiger partial charge in [-0.1, -0.05) is 6.07 Å². The zero-order valence-corrected chi connectivity index (χ0v) is 11.3. The molecule has 1 N–H and O–H groups in total. The van der Waals surface area contributed by atoms with Gasteiger partial charge >= 0.3 is 0 Å². The Morgan fingerprint density at radius 1 is 1.24 bits per heavy atom. The zero-order valence-electron chi connectivity index (χ0n) is 11.3. The molecule has 4 aromatic rings. The van der Waals surface area contributed by atoms with Gasteiger partial charge in [-0.15, -0.1) is 14.8 Å². The number of nitrogens with one attached hydrogen (secondary N) is 1. The van der Waals surface area contributed by atoms with E-state index in [0.29, 0.717) is 18.0 Å². The first kappa shape index (κ1) is 11.8. The van der Waals surface area contributed by atoms with Crippen LogP contribution in [0, 0.1) is 6.92 Å². The van der Waals surface area contributed by atoms with E-state index in [1.165, 1.54) is 4.63 Å². The maximum Gasteiger partial charge on any atom is 0.200 e. The molecule has 4 aromatic heterocycles. The molecule has 0 spiro atoms. The SMILES string of the molecule is Cc1cccn2cc(CNc3ccc4nnnn4n3)nc12. The molecule has 0 saturated carbocycles. The first-order chi connectivity index (χ1) is 10.3. The number of imidazole rings is 1. The molecule has 8 nitrogen and oxygen atoms in total. The van der Waals surface area contributed by atoms with E-state index in [4.69, 9.17) is 0 Å². The number of nitrogens with zero attached hydrogens (tertiary/aromatic N) is 7. The zero-order chi connectivity index (χ0) is 14.2. The standard InChI is InChI=1S/C13H12N8/c1-9-3-2-6-20-8-10(15-13(9)20)7-14-11-4-5-12-16-18-19-21(12)17-11/h2-6,8H,7H2,1H3,(H,14,17). The number of anilines is 1. The van der Waals surface area contributed by atoms with Crippen LogP contribution >= 0.6 is 0 Å². The maximum absolute atomic E-state index is 4.61. The van der Waals surface area contributed by atoms with Crippen LogP contribution in [0.5, 0.6) is 0 Å². The van der Waals surface area contributed by atoms with Crippen LogP contribution in [0.15, 0.2) is 36.7 Å². The molecule has 0 amide bonds. The van der Waals surface area contributed by atoms with Crippen LogP contribution in [0.2, 0.25) is 0 Å². The monoisotopic (exact) mass is 280 g/mol. The minimum Gasteiger partial charge on any atom is -0.363 e. The van der Waals surface area contributed by atoms with Gasteiger partial charge in [-0.2, -0.15) is 0 Å². The molecule has 0 saturated heterocycles. The van der Waals surface area contributed by atoms with Crippen molar-refractivity contribution in [2.75, 3.05) is 5.32 Å². The summed E-state index contributed by atoms with van der Waals surface area (Å²) in [5.41, 5.74) is 3.68. The van der Waals surface area contributed by atoms with E-state index in [-0.39, 0.29) is 0 Å². The largest absolute Gasteiger partial charge is 0.363 e. The number of pyridine rings is 1. The van der Waals surface area contributed by atoms with E-state index < -0.39 is 0 Å². The normalized spacial score (nSPS) is 11.3. The molecule has 0 fully saturated rings. The van der Waals surface area contributed by atoms with E-state index in [9.17, 15) is 0 Å². The third-order valence-corrected chi connectivity index (χ3v) is 3.25. The lowest BCUT2D eigenvalue weighted by Crippen LogP contribution is -2.04. The summed E-state index contributed by atoms with van der Waals surface area (Å²) in [6.45, 7) is 2.63. The van der Waals surface area contributed by atoms with Gasteiger partial charge in [0.2, 0.25) is 0 Å². The molecule has 0 aliphatic heterocycles. The van der Waals surface area contributed by atoms with Crippen molar-refractivity contribution in [2.24, 2.45) is 0 Å². The quantitative estimate of drug-likeness (QED) is 0.604. The Morgan fingerprint density at radius 2 is 2.19 bits per heavy atom. The fraction of sp³-hybridized carbons (Fsp3) is 0.154. The maximum atomic E-state index is 4.61. The van der Waals surface area contributed by atoms with Crippen LogP contribution in [-0.4, -0.2) is 34.6 Å². The van der Waals surface area contributed by atoms with Crippen molar-refractivity contribution >= 4 is 17.1 Å². The number of fused-ring (bicyclic) bond motifs is 2. The van der Waals surface area contributed by atoms with E-state index >= 15 is 0 Å². The van der Waals surface area contributed by atoms with Crippen LogP contribution < -0.4 is 5.32 Å². The predicted octanol–water partition coefficient (Wildman–Crippen LogP) is 1.09. The van der Waals surface area contributed by atoms with E-state index in [0.717, 1.165) is 16.9 Å². The molecular formula is C13H12N8. The highest BCUT2D eigenvalue weighted by Gasteiger charge is 2.05. The Balaban J connectivity index is 1.58. The van der Waals surface area contributed by atoms with Crippen molar-refractivity contribution in [3.05, 3.63) is 47.9 Å². The van der Waals surface area contributed by atoms with Crippen LogP contribution in [0.1, 0.15) is 11.3 Å².